The second-order valence-electron chi connectivity index (χ2n) is 4.96. The van der Waals surface area contributed by atoms with Gasteiger partial charge in [0, 0.05) is 0 Å². The van der Waals surface area contributed by atoms with Crippen LogP contribution in [0.4, 0.5) is 0 Å². The van der Waals surface area contributed by atoms with E-state index in [1.807, 2.05) is 0 Å². The predicted molar refractivity (Wildman–Crippen MR) is 72.7 cm³/mol. The highest BCUT2D eigenvalue weighted by molar-refractivity contribution is 5.41. The molecule has 17 heavy (non-hydrogen) atoms. The molecule has 2 nitrogen and oxygen atoms in total. The molecule has 0 bridgehead atoms. The normalized spacial score (nSPS) is 12.5. The molecule has 0 aliphatic rings. The first kappa shape index (κ1) is 14.0. The molecule has 0 amide bonds. The van der Waals surface area contributed by atoms with Gasteiger partial charge in [-0.1, -0.05) is 13.0 Å². The van der Waals surface area contributed by atoms with Crippen LogP contribution in [0.3, 0.4) is 0 Å². The van der Waals surface area contributed by atoms with Gasteiger partial charge in [0.25, 0.3) is 0 Å². The molecule has 0 aliphatic carbocycles. The van der Waals surface area contributed by atoms with Crippen LogP contribution in [0.2, 0.25) is 0 Å². The quantitative estimate of drug-likeness (QED) is 0.754. The number of benzene rings is 1. The smallest absolute Gasteiger partial charge is 0.137 e. The van der Waals surface area contributed by atoms with Gasteiger partial charge in [-0.25, -0.2) is 0 Å². The number of nitrogens with two attached hydrogens (primary N) is 1. The molecular weight excluding hydrogens is 210 g/mol. The lowest BCUT2D eigenvalue weighted by Crippen LogP contribution is -2.90. The van der Waals surface area contributed by atoms with Crippen molar-refractivity contribution >= 4 is 0 Å². The van der Waals surface area contributed by atoms with Gasteiger partial charge in [0.2, 0.25) is 0 Å². The third kappa shape index (κ3) is 4.39. The van der Waals surface area contributed by atoms with Crippen molar-refractivity contribution in [2.24, 2.45) is 0 Å². The SMILES string of the molecule is CC[C@@H](C)[NH2+]CCOc1cc(C)cc(C)c1C. The number of ether oxygens (including phenoxy) is 1. The molecule has 96 valence electrons. The van der Waals surface area contributed by atoms with Crippen LogP contribution in [0.5, 0.6) is 5.75 Å². The zero-order valence-electron chi connectivity index (χ0n) is 11.8. The fraction of sp³-hybridized carbons (Fsp3) is 0.600. The van der Waals surface area contributed by atoms with Gasteiger partial charge in [-0.15, -0.1) is 0 Å². The Kier molecular flexibility index (Phi) is 5.49. The van der Waals surface area contributed by atoms with E-state index in [-0.39, 0.29) is 0 Å². The van der Waals surface area contributed by atoms with E-state index in [0.29, 0.717) is 6.04 Å². The maximum absolute atomic E-state index is 5.86. The molecule has 1 aromatic rings. The molecule has 0 aromatic heterocycles. The van der Waals surface area contributed by atoms with Crippen LogP contribution in [0, 0.1) is 20.8 Å². The fourth-order valence-corrected chi connectivity index (χ4v) is 1.84. The first-order valence-electron chi connectivity index (χ1n) is 6.58. The molecule has 0 unspecified atom stereocenters. The van der Waals surface area contributed by atoms with Gasteiger partial charge in [0.05, 0.1) is 6.04 Å². The minimum Gasteiger partial charge on any atom is -0.487 e. The summed E-state index contributed by atoms with van der Waals surface area (Å²) in [7, 11) is 0. The van der Waals surface area contributed by atoms with Gasteiger partial charge < -0.3 is 10.1 Å². The molecular formula is C15H26NO+. The first-order valence-corrected chi connectivity index (χ1v) is 6.58. The van der Waals surface area contributed by atoms with Gasteiger partial charge in [-0.3, -0.25) is 0 Å². The summed E-state index contributed by atoms with van der Waals surface area (Å²) >= 11 is 0. The maximum atomic E-state index is 5.86. The highest BCUT2D eigenvalue weighted by Gasteiger charge is 2.05. The zero-order valence-corrected chi connectivity index (χ0v) is 11.8. The number of hydrogen-bond acceptors (Lipinski definition) is 1. The fourth-order valence-electron chi connectivity index (χ4n) is 1.84. The Morgan fingerprint density at radius 3 is 2.59 bits per heavy atom. The van der Waals surface area contributed by atoms with E-state index in [9.17, 15) is 0 Å². The summed E-state index contributed by atoms with van der Waals surface area (Å²) in [5.41, 5.74) is 3.85. The largest absolute Gasteiger partial charge is 0.487 e. The molecule has 0 radical (unpaired) electrons. The molecule has 0 saturated heterocycles. The van der Waals surface area contributed by atoms with Crippen LogP contribution < -0.4 is 10.1 Å². The molecule has 0 aliphatic heterocycles. The molecule has 0 spiro atoms. The monoisotopic (exact) mass is 236 g/mol. The minimum absolute atomic E-state index is 0.693. The highest BCUT2D eigenvalue weighted by atomic mass is 16.5. The number of hydrogen-bond donors (Lipinski definition) is 1. The summed E-state index contributed by atoms with van der Waals surface area (Å²) in [5, 5.41) is 2.35. The molecule has 1 aromatic carbocycles. The highest BCUT2D eigenvalue weighted by Crippen LogP contribution is 2.22. The van der Waals surface area contributed by atoms with E-state index in [4.69, 9.17) is 4.74 Å². The van der Waals surface area contributed by atoms with Crippen LogP contribution in [0.15, 0.2) is 12.1 Å². The van der Waals surface area contributed by atoms with Crippen molar-refractivity contribution < 1.29 is 10.1 Å². The topological polar surface area (TPSA) is 25.8 Å². The average Bonchev–Trinajstić information content (AvgIpc) is 2.30. The average molecular weight is 236 g/mol. The van der Waals surface area contributed by atoms with Gasteiger partial charge in [-0.05, 0) is 56.9 Å². The van der Waals surface area contributed by atoms with Crippen molar-refractivity contribution in [3.05, 3.63) is 28.8 Å². The molecule has 1 atom stereocenters. The summed E-state index contributed by atoms with van der Waals surface area (Å²) in [6.07, 6.45) is 1.21. The molecule has 2 heteroatoms. The van der Waals surface area contributed by atoms with E-state index in [2.05, 4.69) is 52.1 Å². The molecule has 0 saturated carbocycles. The third-order valence-electron chi connectivity index (χ3n) is 3.35. The van der Waals surface area contributed by atoms with Crippen LogP contribution in [-0.4, -0.2) is 19.2 Å². The second-order valence-corrected chi connectivity index (χ2v) is 4.96. The van der Waals surface area contributed by atoms with Crippen molar-refractivity contribution in [3.8, 4) is 5.75 Å². The summed E-state index contributed by atoms with van der Waals surface area (Å²) in [6, 6.07) is 5.03. The lowest BCUT2D eigenvalue weighted by molar-refractivity contribution is -0.686. The van der Waals surface area contributed by atoms with E-state index in [1.165, 1.54) is 23.1 Å². The summed E-state index contributed by atoms with van der Waals surface area (Å²) in [5.74, 6) is 1.04. The summed E-state index contributed by atoms with van der Waals surface area (Å²) in [4.78, 5) is 0. The molecule has 2 N–H and O–H groups in total. The van der Waals surface area contributed by atoms with Gasteiger partial charge >= 0.3 is 0 Å². The Bertz CT molecular complexity index is 360. The van der Waals surface area contributed by atoms with Crippen LogP contribution in [0.1, 0.15) is 37.0 Å². The van der Waals surface area contributed by atoms with Crippen molar-refractivity contribution in [3.63, 3.8) is 0 Å². The summed E-state index contributed by atoms with van der Waals surface area (Å²) in [6.45, 7) is 12.7. The third-order valence-corrected chi connectivity index (χ3v) is 3.35. The van der Waals surface area contributed by atoms with Crippen LogP contribution in [-0.2, 0) is 0 Å². The van der Waals surface area contributed by atoms with Crippen LogP contribution in [0.25, 0.3) is 0 Å². The Morgan fingerprint density at radius 1 is 1.24 bits per heavy atom. The number of aryl methyl sites for hydroxylation is 2. The number of quaternary nitrogens is 1. The van der Waals surface area contributed by atoms with Gasteiger partial charge in [-0.2, -0.15) is 0 Å². The Balaban J connectivity index is 2.47. The van der Waals surface area contributed by atoms with Crippen molar-refractivity contribution in [1.29, 1.82) is 0 Å². The minimum atomic E-state index is 0.693. The molecule has 0 heterocycles. The Hall–Kier alpha value is -1.02. The van der Waals surface area contributed by atoms with Crippen molar-refractivity contribution in [2.45, 2.75) is 47.1 Å². The van der Waals surface area contributed by atoms with Crippen molar-refractivity contribution in [1.82, 2.24) is 0 Å². The van der Waals surface area contributed by atoms with Crippen molar-refractivity contribution in [2.75, 3.05) is 13.2 Å². The Labute approximate surface area is 105 Å². The van der Waals surface area contributed by atoms with E-state index >= 15 is 0 Å². The van der Waals surface area contributed by atoms with E-state index in [0.717, 1.165) is 18.9 Å². The van der Waals surface area contributed by atoms with E-state index in [1.54, 1.807) is 0 Å². The van der Waals surface area contributed by atoms with Crippen LogP contribution >= 0.6 is 0 Å². The zero-order chi connectivity index (χ0) is 12.8. The predicted octanol–water partition coefficient (Wildman–Crippen LogP) is 2.35. The lowest BCUT2D eigenvalue weighted by atomic mass is 10.1. The maximum Gasteiger partial charge on any atom is 0.137 e. The first-order chi connectivity index (χ1) is 8.04. The summed E-state index contributed by atoms with van der Waals surface area (Å²) < 4.78 is 5.86. The van der Waals surface area contributed by atoms with Gasteiger partial charge in [0.1, 0.15) is 18.9 Å². The lowest BCUT2D eigenvalue weighted by Gasteiger charge is -2.13. The molecule has 0 fully saturated rings. The van der Waals surface area contributed by atoms with Gasteiger partial charge in [0.15, 0.2) is 0 Å². The standard InChI is InChI=1S/C15H25NO/c1-6-13(4)16-7-8-17-15-10-11(2)9-12(3)14(15)5/h9-10,13,16H,6-8H2,1-5H3/p+1/t13-/m1/s1. The number of rotatable bonds is 6. The molecule has 1 rings (SSSR count). The second kappa shape index (κ2) is 6.65. The Morgan fingerprint density at radius 2 is 1.94 bits per heavy atom. The van der Waals surface area contributed by atoms with E-state index < -0.39 is 0 Å².